The highest BCUT2D eigenvalue weighted by atomic mass is 16.3. The number of amides is 7. The smallest absolute Gasteiger partial charge is 0.248 e. The minimum Gasteiger partial charge on any atom is -0.508 e. The Kier molecular flexibility index (Phi) is 15.7. The van der Waals surface area contributed by atoms with Crippen LogP contribution < -0.4 is 26.6 Å². The summed E-state index contributed by atoms with van der Waals surface area (Å²) in [5.74, 6) is -8.73. The molecule has 4 aliphatic rings. The fourth-order valence-corrected chi connectivity index (χ4v) is 7.41. The third-order valence-corrected chi connectivity index (χ3v) is 10.8. The molecule has 3 heterocycles. The minimum atomic E-state index is -2.18. The predicted molar refractivity (Wildman–Crippen MR) is 197 cm³/mol. The van der Waals surface area contributed by atoms with E-state index in [1.165, 1.54) is 26.0 Å². The molecule has 324 valence electrons. The molecule has 58 heavy (non-hydrogen) atoms. The maximum absolute atomic E-state index is 14.0. The third kappa shape index (κ3) is 10.9. The molecule has 13 N–H and O–H groups in total. The van der Waals surface area contributed by atoms with Crippen LogP contribution in [0.5, 0.6) is 0 Å². The molecule has 0 bridgehead atoms. The van der Waals surface area contributed by atoms with E-state index in [1.807, 2.05) is 0 Å². The van der Waals surface area contributed by atoms with E-state index in [2.05, 4.69) is 26.6 Å². The molecule has 0 aromatic rings. The number of carbonyl (C=O) groups excluding carboxylic acids is 7. The minimum absolute atomic E-state index is 0.0317. The number of nitrogens with zero attached hydrogens (tertiary/aromatic N) is 2. The Labute approximate surface area is 333 Å². The van der Waals surface area contributed by atoms with E-state index < -0.39 is 152 Å². The Hall–Kier alpha value is -4.71. The van der Waals surface area contributed by atoms with Gasteiger partial charge in [0.15, 0.2) is 6.23 Å². The van der Waals surface area contributed by atoms with Gasteiger partial charge in [0.05, 0.1) is 31.0 Å². The van der Waals surface area contributed by atoms with E-state index in [1.54, 1.807) is 6.08 Å². The number of hydrogen-bond donors (Lipinski definition) is 13. The molecule has 22 heteroatoms. The summed E-state index contributed by atoms with van der Waals surface area (Å²) in [6, 6.07) is -10.5. The van der Waals surface area contributed by atoms with Gasteiger partial charge in [0.1, 0.15) is 48.1 Å². The molecule has 0 spiro atoms. The second-order valence-corrected chi connectivity index (χ2v) is 15.3. The van der Waals surface area contributed by atoms with Crippen molar-refractivity contribution in [1.29, 1.82) is 0 Å². The van der Waals surface area contributed by atoms with Crippen LogP contribution in [0.15, 0.2) is 24.0 Å². The highest BCUT2D eigenvalue weighted by Crippen LogP contribution is 2.26. The molecule has 0 radical (unpaired) electrons. The highest BCUT2D eigenvalue weighted by Gasteiger charge is 2.49. The van der Waals surface area contributed by atoms with Crippen LogP contribution in [0.25, 0.3) is 0 Å². The van der Waals surface area contributed by atoms with Crippen LogP contribution in [0, 0.1) is 11.8 Å². The number of nitrogens with one attached hydrogen (secondary N) is 5. The number of carbonyl (C=O) groups is 7. The lowest BCUT2D eigenvalue weighted by Gasteiger charge is -2.33. The monoisotopic (exact) mass is 825 g/mol. The van der Waals surface area contributed by atoms with Crippen LogP contribution in [-0.4, -0.2) is 185 Å². The number of aliphatic hydroxyl groups excluding tert-OH is 8. The van der Waals surface area contributed by atoms with E-state index in [0.717, 1.165) is 16.7 Å². The fraction of sp³-hybridized carbons (Fsp3) is 0.694. The topological polar surface area (TPSA) is 348 Å². The van der Waals surface area contributed by atoms with Crippen molar-refractivity contribution < 1.29 is 74.4 Å². The van der Waals surface area contributed by atoms with Crippen molar-refractivity contribution in [2.45, 2.75) is 126 Å². The van der Waals surface area contributed by atoms with Gasteiger partial charge in [0.2, 0.25) is 41.4 Å². The van der Waals surface area contributed by atoms with Gasteiger partial charge in [-0.2, -0.15) is 0 Å². The van der Waals surface area contributed by atoms with Crippen LogP contribution in [0.2, 0.25) is 0 Å². The SMILES string of the molecule is CCC(=O)NC1CC(O)C(O)NC(=O)C2C(O)C(C)CN2C(=O)C(CO)NC(=O)C(C(O)CC2C=CC(O)=CC2)NC(=O)C2C[C@H](O)CN2C(=O)C(C(C)O)NC1=O. The average Bonchev–Trinajstić information content (AvgIpc) is 3.72. The van der Waals surface area contributed by atoms with Gasteiger partial charge in [0.25, 0.3) is 0 Å². The molecule has 13 unspecified atom stereocenters. The summed E-state index contributed by atoms with van der Waals surface area (Å²) < 4.78 is 0. The van der Waals surface area contributed by atoms with Gasteiger partial charge in [-0.3, -0.25) is 33.6 Å². The predicted octanol–water partition coefficient (Wildman–Crippen LogP) is -6.15. The average molecular weight is 826 g/mol. The molecule has 22 nitrogen and oxygen atoms in total. The lowest BCUT2D eigenvalue weighted by molar-refractivity contribution is -0.147. The molecule has 3 fully saturated rings. The van der Waals surface area contributed by atoms with Crippen molar-refractivity contribution in [1.82, 2.24) is 36.4 Å². The van der Waals surface area contributed by atoms with Gasteiger partial charge in [0, 0.05) is 38.3 Å². The first-order chi connectivity index (χ1) is 27.3. The zero-order valence-electron chi connectivity index (χ0n) is 32.3. The van der Waals surface area contributed by atoms with E-state index in [-0.39, 0.29) is 31.6 Å². The van der Waals surface area contributed by atoms with Gasteiger partial charge in [-0.1, -0.05) is 19.9 Å². The second kappa shape index (κ2) is 19.8. The number of aliphatic hydroxyl groups is 8. The van der Waals surface area contributed by atoms with E-state index >= 15 is 0 Å². The lowest BCUT2D eigenvalue weighted by atomic mass is 9.91. The molecule has 0 saturated carbocycles. The number of rotatable bonds is 7. The summed E-state index contributed by atoms with van der Waals surface area (Å²) in [5, 5.41) is 96.8. The normalized spacial score (nSPS) is 35.7. The molecule has 1 aliphatic carbocycles. The zero-order chi connectivity index (χ0) is 43.2. The summed E-state index contributed by atoms with van der Waals surface area (Å²) in [7, 11) is 0. The van der Waals surface area contributed by atoms with Crippen molar-refractivity contribution in [2.24, 2.45) is 11.8 Å². The van der Waals surface area contributed by atoms with E-state index in [9.17, 15) is 74.4 Å². The molecule has 3 aliphatic heterocycles. The molecule has 3 saturated heterocycles. The summed E-state index contributed by atoms with van der Waals surface area (Å²) in [4.78, 5) is 97.1. The summed E-state index contributed by atoms with van der Waals surface area (Å²) in [6.07, 6.45) is -7.32. The Balaban J connectivity index is 1.77. The molecule has 14 atom stereocenters. The van der Waals surface area contributed by atoms with Crippen molar-refractivity contribution in [3.05, 3.63) is 24.0 Å². The molecular weight excluding hydrogens is 770 g/mol. The number of fused-ring (bicyclic) bond motifs is 2. The van der Waals surface area contributed by atoms with Gasteiger partial charge in [-0.15, -0.1) is 0 Å². The second-order valence-electron chi connectivity index (χ2n) is 15.3. The van der Waals surface area contributed by atoms with E-state index in [0.29, 0.717) is 0 Å². The van der Waals surface area contributed by atoms with Crippen LogP contribution in [0.4, 0.5) is 0 Å². The van der Waals surface area contributed by atoms with Gasteiger partial charge in [-0.25, -0.2) is 0 Å². The quantitative estimate of drug-likeness (QED) is 0.114. The zero-order valence-corrected chi connectivity index (χ0v) is 32.3. The Morgan fingerprint density at radius 3 is 2.16 bits per heavy atom. The van der Waals surface area contributed by atoms with Gasteiger partial charge >= 0.3 is 0 Å². The first kappa shape index (κ1) is 46.0. The highest BCUT2D eigenvalue weighted by molar-refractivity contribution is 5.98. The third-order valence-electron chi connectivity index (χ3n) is 10.8. The van der Waals surface area contributed by atoms with Crippen LogP contribution in [0.3, 0.4) is 0 Å². The molecule has 7 amide bonds. The summed E-state index contributed by atoms with van der Waals surface area (Å²) >= 11 is 0. The van der Waals surface area contributed by atoms with Gasteiger partial charge in [-0.05, 0) is 37.8 Å². The molecule has 0 aromatic heterocycles. The molecule has 4 rings (SSSR count). The van der Waals surface area contributed by atoms with Gasteiger partial charge < -0.3 is 77.2 Å². The van der Waals surface area contributed by atoms with Crippen molar-refractivity contribution in [3.8, 4) is 0 Å². The standard InChI is InChI=1S/C36H55N7O15/c1-4-25(50)37-20-11-24(49)32(54)41-34(56)28-29(51)15(2)12-43(28)35(57)21(14-44)38-33(55)27(23(48)9-17-5-7-18(46)8-6-17)40-31(53)22-10-19(47)13-42(22)36(58)26(16(3)45)39-30(20)52/h5,7-8,15-17,19-24,26-29,32,44-49,51,54H,4,6,9-14H2,1-3H3,(H,37,50)(H,38,55)(H,39,52)(H,40,53)(H,41,56)/t15?,16?,17?,19-,20?,21?,22?,23?,24?,26?,27?,28?,29?,32?/m0/s1. The first-order valence-corrected chi connectivity index (χ1v) is 19.2. The number of hydrogen-bond acceptors (Lipinski definition) is 15. The summed E-state index contributed by atoms with van der Waals surface area (Å²) in [5.41, 5.74) is 0. The van der Waals surface area contributed by atoms with Crippen LogP contribution in [-0.2, 0) is 33.6 Å². The van der Waals surface area contributed by atoms with E-state index in [4.69, 9.17) is 0 Å². The molecular formula is C36H55N7O15. The Morgan fingerprint density at radius 2 is 1.55 bits per heavy atom. The lowest BCUT2D eigenvalue weighted by Crippen LogP contribution is -2.63. The summed E-state index contributed by atoms with van der Waals surface area (Å²) in [6.45, 7) is 2.22. The van der Waals surface area contributed by atoms with Crippen molar-refractivity contribution in [3.63, 3.8) is 0 Å². The first-order valence-electron chi connectivity index (χ1n) is 19.2. The molecule has 0 aromatic carbocycles. The number of allylic oxidation sites excluding steroid dienone is 3. The maximum Gasteiger partial charge on any atom is 0.248 e. The fourth-order valence-electron chi connectivity index (χ4n) is 7.41. The van der Waals surface area contributed by atoms with Crippen molar-refractivity contribution >= 4 is 41.4 Å². The Bertz CT molecular complexity index is 1630. The Morgan fingerprint density at radius 1 is 0.879 bits per heavy atom. The largest absolute Gasteiger partial charge is 0.508 e. The maximum atomic E-state index is 14.0. The van der Waals surface area contributed by atoms with Crippen LogP contribution in [0.1, 0.15) is 52.9 Å². The van der Waals surface area contributed by atoms with Crippen molar-refractivity contribution in [2.75, 3.05) is 19.7 Å². The van der Waals surface area contributed by atoms with Crippen LogP contribution >= 0.6 is 0 Å².